The zero-order valence-corrected chi connectivity index (χ0v) is 9.18. The van der Waals surface area contributed by atoms with Crippen LogP contribution in [0.25, 0.3) is 0 Å². The van der Waals surface area contributed by atoms with E-state index in [1.165, 1.54) is 19.3 Å². The standard InChI is InChI=1S/C11H23NO/c1-4-9(8-12)7-10-5-6-11(2,3)13-10/h9-10H,4-8,12H2,1-3H3. The third-order valence-electron chi connectivity index (χ3n) is 3.06. The largest absolute Gasteiger partial charge is 0.372 e. The van der Waals surface area contributed by atoms with Gasteiger partial charge in [0.2, 0.25) is 0 Å². The van der Waals surface area contributed by atoms with Gasteiger partial charge in [-0.1, -0.05) is 13.3 Å². The van der Waals surface area contributed by atoms with Crippen LogP contribution in [0.1, 0.15) is 46.5 Å². The molecule has 0 aromatic heterocycles. The molecule has 2 N–H and O–H groups in total. The van der Waals surface area contributed by atoms with Crippen LogP contribution in [0.4, 0.5) is 0 Å². The lowest BCUT2D eigenvalue weighted by Gasteiger charge is -2.21. The summed E-state index contributed by atoms with van der Waals surface area (Å²) >= 11 is 0. The Morgan fingerprint density at radius 2 is 2.23 bits per heavy atom. The maximum absolute atomic E-state index is 5.93. The molecule has 13 heavy (non-hydrogen) atoms. The monoisotopic (exact) mass is 185 g/mol. The van der Waals surface area contributed by atoms with Gasteiger partial charge in [-0.05, 0) is 45.6 Å². The van der Waals surface area contributed by atoms with Gasteiger partial charge >= 0.3 is 0 Å². The van der Waals surface area contributed by atoms with Crippen LogP contribution in [0, 0.1) is 5.92 Å². The summed E-state index contributed by atoms with van der Waals surface area (Å²) in [4.78, 5) is 0. The number of hydrogen-bond acceptors (Lipinski definition) is 2. The van der Waals surface area contributed by atoms with E-state index in [9.17, 15) is 0 Å². The number of hydrogen-bond donors (Lipinski definition) is 1. The van der Waals surface area contributed by atoms with Gasteiger partial charge in [0.05, 0.1) is 11.7 Å². The minimum atomic E-state index is 0.109. The smallest absolute Gasteiger partial charge is 0.0631 e. The van der Waals surface area contributed by atoms with E-state index in [1.54, 1.807) is 0 Å². The first-order chi connectivity index (χ1) is 6.07. The van der Waals surface area contributed by atoms with Crippen LogP contribution in [0.5, 0.6) is 0 Å². The predicted molar refractivity (Wildman–Crippen MR) is 55.6 cm³/mol. The molecule has 1 fully saturated rings. The molecule has 78 valence electrons. The average molecular weight is 185 g/mol. The van der Waals surface area contributed by atoms with E-state index < -0.39 is 0 Å². The Hall–Kier alpha value is -0.0800. The van der Waals surface area contributed by atoms with Crippen LogP contribution in [-0.2, 0) is 4.74 Å². The topological polar surface area (TPSA) is 35.2 Å². The van der Waals surface area contributed by atoms with Crippen LogP contribution >= 0.6 is 0 Å². The Morgan fingerprint density at radius 3 is 2.62 bits per heavy atom. The molecule has 2 heteroatoms. The minimum Gasteiger partial charge on any atom is -0.372 e. The maximum Gasteiger partial charge on any atom is 0.0631 e. The zero-order valence-electron chi connectivity index (χ0n) is 9.18. The van der Waals surface area contributed by atoms with Gasteiger partial charge in [-0.25, -0.2) is 0 Å². The molecule has 0 aromatic carbocycles. The molecular weight excluding hydrogens is 162 g/mol. The van der Waals surface area contributed by atoms with Crippen LogP contribution < -0.4 is 5.73 Å². The molecular formula is C11H23NO. The van der Waals surface area contributed by atoms with Crippen molar-refractivity contribution in [3.05, 3.63) is 0 Å². The molecule has 1 saturated heterocycles. The molecule has 2 atom stereocenters. The van der Waals surface area contributed by atoms with E-state index in [0.717, 1.165) is 13.0 Å². The van der Waals surface area contributed by atoms with Crippen molar-refractivity contribution < 1.29 is 4.74 Å². The fourth-order valence-electron chi connectivity index (χ4n) is 2.04. The van der Waals surface area contributed by atoms with Crippen molar-refractivity contribution in [2.75, 3.05) is 6.54 Å². The lowest BCUT2D eigenvalue weighted by molar-refractivity contribution is -0.0242. The molecule has 1 rings (SSSR count). The Bertz CT molecular complexity index is 152. The Labute approximate surface area is 81.8 Å². The Balaban J connectivity index is 2.31. The van der Waals surface area contributed by atoms with Gasteiger partial charge in [0.25, 0.3) is 0 Å². The number of rotatable bonds is 4. The second-order valence-corrected chi connectivity index (χ2v) is 4.78. The van der Waals surface area contributed by atoms with Crippen LogP contribution in [0.15, 0.2) is 0 Å². The molecule has 0 aliphatic carbocycles. The van der Waals surface area contributed by atoms with Crippen LogP contribution in [0.3, 0.4) is 0 Å². The fourth-order valence-corrected chi connectivity index (χ4v) is 2.04. The van der Waals surface area contributed by atoms with Crippen molar-refractivity contribution in [1.82, 2.24) is 0 Å². The molecule has 1 heterocycles. The highest BCUT2D eigenvalue weighted by Gasteiger charge is 2.32. The Morgan fingerprint density at radius 1 is 1.54 bits per heavy atom. The van der Waals surface area contributed by atoms with Gasteiger partial charge in [-0.2, -0.15) is 0 Å². The first-order valence-corrected chi connectivity index (χ1v) is 5.45. The second-order valence-electron chi connectivity index (χ2n) is 4.78. The third-order valence-corrected chi connectivity index (χ3v) is 3.06. The quantitative estimate of drug-likeness (QED) is 0.729. The molecule has 0 saturated carbocycles. The minimum absolute atomic E-state index is 0.109. The lowest BCUT2D eigenvalue weighted by atomic mass is 9.97. The van der Waals surface area contributed by atoms with E-state index in [4.69, 9.17) is 10.5 Å². The summed E-state index contributed by atoms with van der Waals surface area (Å²) < 4.78 is 5.93. The average Bonchev–Trinajstić information content (AvgIpc) is 2.41. The normalized spacial score (nSPS) is 29.1. The van der Waals surface area contributed by atoms with E-state index in [0.29, 0.717) is 12.0 Å². The summed E-state index contributed by atoms with van der Waals surface area (Å²) in [5, 5.41) is 0. The number of nitrogens with two attached hydrogens (primary N) is 1. The highest BCUT2D eigenvalue weighted by molar-refractivity contribution is 4.82. The van der Waals surface area contributed by atoms with Crippen molar-refractivity contribution in [2.45, 2.75) is 58.2 Å². The number of ether oxygens (including phenoxy) is 1. The van der Waals surface area contributed by atoms with Crippen molar-refractivity contribution in [2.24, 2.45) is 11.7 Å². The maximum atomic E-state index is 5.93. The molecule has 0 radical (unpaired) electrons. The molecule has 1 aliphatic rings. The van der Waals surface area contributed by atoms with E-state index in [1.807, 2.05) is 0 Å². The summed E-state index contributed by atoms with van der Waals surface area (Å²) in [6.07, 6.45) is 5.19. The molecule has 0 spiro atoms. The highest BCUT2D eigenvalue weighted by Crippen LogP contribution is 2.32. The van der Waals surface area contributed by atoms with Crippen molar-refractivity contribution in [3.63, 3.8) is 0 Å². The van der Waals surface area contributed by atoms with Gasteiger partial charge in [-0.15, -0.1) is 0 Å². The molecule has 0 bridgehead atoms. The third kappa shape index (κ3) is 3.28. The van der Waals surface area contributed by atoms with Crippen molar-refractivity contribution in [1.29, 1.82) is 0 Å². The first kappa shape index (κ1) is 11.0. The van der Waals surface area contributed by atoms with Crippen molar-refractivity contribution in [3.8, 4) is 0 Å². The highest BCUT2D eigenvalue weighted by atomic mass is 16.5. The summed E-state index contributed by atoms with van der Waals surface area (Å²) in [5.41, 5.74) is 5.78. The first-order valence-electron chi connectivity index (χ1n) is 5.45. The van der Waals surface area contributed by atoms with Crippen molar-refractivity contribution >= 4 is 0 Å². The van der Waals surface area contributed by atoms with Gasteiger partial charge in [0.15, 0.2) is 0 Å². The Kier molecular flexibility index (Phi) is 3.74. The molecule has 2 unspecified atom stereocenters. The lowest BCUT2D eigenvalue weighted by Crippen LogP contribution is -2.24. The fraction of sp³-hybridized carbons (Fsp3) is 1.00. The zero-order chi connectivity index (χ0) is 9.90. The van der Waals surface area contributed by atoms with E-state index in [-0.39, 0.29) is 5.60 Å². The van der Waals surface area contributed by atoms with Gasteiger partial charge < -0.3 is 10.5 Å². The molecule has 0 aromatic rings. The molecule has 2 nitrogen and oxygen atoms in total. The van der Waals surface area contributed by atoms with Crippen LogP contribution in [0.2, 0.25) is 0 Å². The summed E-state index contributed by atoms with van der Waals surface area (Å²) in [6.45, 7) is 7.36. The summed E-state index contributed by atoms with van der Waals surface area (Å²) in [7, 11) is 0. The predicted octanol–water partition coefficient (Wildman–Crippen LogP) is 2.32. The van der Waals surface area contributed by atoms with Crippen LogP contribution in [-0.4, -0.2) is 18.2 Å². The summed E-state index contributed by atoms with van der Waals surface area (Å²) in [5.74, 6) is 0.652. The second kappa shape index (κ2) is 4.43. The van der Waals surface area contributed by atoms with E-state index >= 15 is 0 Å². The van der Waals surface area contributed by atoms with Gasteiger partial charge in [-0.3, -0.25) is 0 Å². The van der Waals surface area contributed by atoms with Gasteiger partial charge in [0, 0.05) is 0 Å². The summed E-state index contributed by atoms with van der Waals surface area (Å²) in [6, 6.07) is 0. The molecule has 0 amide bonds. The SMILES string of the molecule is CCC(CN)CC1CCC(C)(C)O1. The van der Waals surface area contributed by atoms with Gasteiger partial charge in [0.1, 0.15) is 0 Å². The van der Waals surface area contributed by atoms with E-state index in [2.05, 4.69) is 20.8 Å². The molecule has 1 aliphatic heterocycles.